The Balaban J connectivity index is 1.91. The second-order valence-corrected chi connectivity index (χ2v) is 9.62. The van der Waals surface area contributed by atoms with Gasteiger partial charge in [-0.2, -0.15) is 0 Å². The Morgan fingerprint density at radius 3 is 1.87 bits per heavy atom. The van der Waals surface area contributed by atoms with Gasteiger partial charge >= 0.3 is 108 Å². The second-order valence-electron chi connectivity index (χ2n) is 7.29. The van der Waals surface area contributed by atoms with E-state index in [1.165, 1.54) is 12.8 Å². The van der Waals surface area contributed by atoms with Gasteiger partial charge in [0.15, 0.2) is 0 Å². The second kappa shape index (κ2) is 3.17. The van der Waals surface area contributed by atoms with Crippen LogP contribution in [0.5, 0.6) is 0 Å². The van der Waals surface area contributed by atoms with Crippen molar-refractivity contribution in [2.75, 3.05) is 0 Å². The summed E-state index contributed by atoms with van der Waals surface area (Å²) in [5.74, 6) is 0. The summed E-state index contributed by atoms with van der Waals surface area (Å²) in [4.78, 5) is 0. The Bertz CT molecular complexity index is 257. The van der Waals surface area contributed by atoms with E-state index in [2.05, 4.69) is 13.8 Å². The fourth-order valence-electron chi connectivity index (χ4n) is 5.42. The fourth-order valence-corrected chi connectivity index (χ4v) is 7.99. The van der Waals surface area contributed by atoms with Crippen LogP contribution in [0.1, 0.15) is 65.2 Å². The maximum absolute atomic E-state index is 2.62. The van der Waals surface area contributed by atoms with Gasteiger partial charge in [-0.3, -0.25) is 0 Å². The fraction of sp³-hybridized carbons (Fsp3) is 1.00. The molecule has 0 aromatic rings. The van der Waals surface area contributed by atoms with Crippen molar-refractivity contribution in [3.05, 3.63) is 0 Å². The third-order valence-corrected chi connectivity index (χ3v) is 7.21. The molecule has 1 heteroatoms. The summed E-state index contributed by atoms with van der Waals surface area (Å²) in [7, 11) is 0. The van der Waals surface area contributed by atoms with Crippen LogP contribution >= 0.6 is 0 Å². The van der Waals surface area contributed by atoms with Gasteiger partial charge in [-0.15, -0.1) is 0 Å². The summed E-state index contributed by atoms with van der Waals surface area (Å²) < 4.78 is 1.07. The van der Waals surface area contributed by atoms with Crippen LogP contribution in [0.2, 0.25) is 3.93 Å². The zero-order chi connectivity index (χ0) is 10.7. The van der Waals surface area contributed by atoms with Crippen molar-refractivity contribution >= 4 is 22.5 Å². The van der Waals surface area contributed by atoms with Crippen molar-refractivity contribution < 1.29 is 0 Å². The summed E-state index contributed by atoms with van der Waals surface area (Å²) in [6.45, 7) is 5.23. The molecule has 3 aliphatic carbocycles. The average Bonchev–Trinajstić information content (AvgIpc) is 2.62. The molecule has 3 aliphatic rings. The zero-order valence-electron chi connectivity index (χ0n) is 10.2. The molecule has 0 aromatic heterocycles. The topological polar surface area (TPSA) is 0 Å². The average molecular weight is 310 g/mol. The molecule has 0 N–H and O–H groups in total. The number of fused-ring (bicyclic) bond motifs is 1. The number of hydrogen-bond acceptors (Lipinski definition) is 0. The molecule has 2 atom stereocenters. The van der Waals surface area contributed by atoms with Crippen molar-refractivity contribution in [2.24, 2.45) is 16.2 Å². The van der Waals surface area contributed by atoms with Crippen LogP contribution < -0.4 is 0 Å². The van der Waals surface area contributed by atoms with Gasteiger partial charge in [0.1, 0.15) is 0 Å². The molecule has 0 aromatic carbocycles. The van der Waals surface area contributed by atoms with Gasteiger partial charge in [0.25, 0.3) is 0 Å². The van der Waals surface area contributed by atoms with Gasteiger partial charge in [-0.05, 0) is 0 Å². The molecule has 0 saturated heterocycles. The van der Waals surface area contributed by atoms with E-state index in [1.807, 2.05) is 0 Å². The molecule has 3 radical (unpaired) electrons. The predicted octanol–water partition coefficient (Wildman–Crippen LogP) is 4.10. The summed E-state index contributed by atoms with van der Waals surface area (Å²) >= 11 is 1.80. The first-order valence-electron chi connectivity index (χ1n) is 6.68. The minimum absolute atomic E-state index is 0.714. The van der Waals surface area contributed by atoms with Crippen LogP contribution in [0, 0.1) is 16.2 Å². The summed E-state index contributed by atoms with van der Waals surface area (Å²) in [6, 6.07) is 0. The Labute approximate surface area is 108 Å². The Morgan fingerprint density at radius 1 is 0.933 bits per heavy atom. The molecular weight excluding hydrogens is 287 g/mol. The van der Waals surface area contributed by atoms with E-state index in [-0.39, 0.29) is 0 Å². The van der Waals surface area contributed by atoms with Crippen molar-refractivity contribution in [1.82, 2.24) is 0 Å². The van der Waals surface area contributed by atoms with Crippen LogP contribution in [-0.4, -0.2) is 22.5 Å². The van der Waals surface area contributed by atoms with E-state index < -0.39 is 0 Å². The molecule has 0 heterocycles. The van der Waals surface area contributed by atoms with E-state index in [1.54, 1.807) is 61.0 Å². The van der Waals surface area contributed by atoms with Gasteiger partial charge in [0.2, 0.25) is 0 Å². The molecule has 15 heavy (non-hydrogen) atoms. The first-order chi connectivity index (χ1) is 6.97. The molecule has 3 rings (SSSR count). The van der Waals surface area contributed by atoms with E-state index in [4.69, 9.17) is 0 Å². The molecule has 0 bridgehead atoms. The SMILES string of the molecule is CC12C[CH]([Sn])CC1(C)CC1(CCCC1)C2. The van der Waals surface area contributed by atoms with Gasteiger partial charge in [0, 0.05) is 0 Å². The van der Waals surface area contributed by atoms with Crippen molar-refractivity contribution in [3.8, 4) is 0 Å². The third kappa shape index (κ3) is 1.46. The van der Waals surface area contributed by atoms with E-state index >= 15 is 0 Å². The molecule has 2 unspecified atom stereocenters. The zero-order valence-corrected chi connectivity index (χ0v) is 13.1. The normalized spacial score (nSPS) is 52.6. The predicted molar refractivity (Wildman–Crippen MR) is 65.1 cm³/mol. The Hall–Kier alpha value is 0.799. The van der Waals surface area contributed by atoms with Gasteiger partial charge < -0.3 is 0 Å². The first-order valence-corrected chi connectivity index (χ1v) is 8.33. The van der Waals surface area contributed by atoms with Crippen LogP contribution in [0.4, 0.5) is 0 Å². The summed E-state index contributed by atoms with van der Waals surface area (Å²) in [5, 5.41) is 0. The number of hydrogen-bond donors (Lipinski definition) is 0. The summed E-state index contributed by atoms with van der Waals surface area (Å²) in [6.07, 6.45) is 12.4. The molecule has 3 saturated carbocycles. The number of rotatable bonds is 0. The first kappa shape index (κ1) is 10.9. The third-order valence-electron chi connectivity index (χ3n) is 6.05. The molecule has 0 aliphatic heterocycles. The van der Waals surface area contributed by atoms with Crippen LogP contribution in [0.15, 0.2) is 0 Å². The molecule has 3 fully saturated rings. The quantitative estimate of drug-likeness (QED) is 0.591. The van der Waals surface area contributed by atoms with Crippen molar-refractivity contribution in [3.63, 3.8) is 0 Å². The van der Waals surface area contributed by atoms with Crippen LogP contribution in [0.25, 0.3) is 0 Å². The molecule has 0 amide bonds. The van der Waals surface area contributed by atoms with Crippen LogP contribution in [0.3, 0.4) is 0 Å². The summed E-state index contributed by atoms with van der Waals surface area (Å²) in [5.41, 5.74) is 2.23. The molecular formula is C14H23Sn. The van der Waals surface area contributed by atoms with Crippen LogP contribution in [-0.2, 0) is 0 Å². The molecule has 83 valence electrons. The van der Waals surface area contributed by atoms with Gasteiger partial charge in [0.05, 0.1) is 0 Å². The van der Waals surface area contributed by atoms with Gasteiger partial charge in [-0.25, -0.2) is 0 Å². The molecule has 0 nitrogen and oxygen atoms in total. The maximum atomic E-state index is 2.62. The Morgan fingerprint density at radius 2 is 1.40 bits per heavy atom. The Kier molecular flexibility index (Phi) is 2.31. The molecule has 1 spiro atoms. The van der Waals surface area contributed by atoms with E-state index in [0.717, 1.165) is 9.35 Å². The monoisotopic (exact) mass is 311 g/mol. The van der Waals surface area contributed by atoms with Crippen molar-refractivity contribution in [2.45, 2.75) is 69.1 Å². The standard InChI is InChI=1S/C14H23.Sn/c1-12-6-5-7-13(12,2)11-14(10-12)8-3-4-9-14;/h5H,3-4,6-11H2,1-2H3;. The van der Waals surface area contributed by atoms with E-state index in [0.29, 0.717) is 10.8 Å². The van der Waals surface area contributed by atoms with Crippen molar-refractivity contribution in [1.29, 1.82) is 0 Å². The minimum atomic E-state index is 0.714. The van der Waals surface area contributed by atoms with Gasteiger partial charge in [-0.1, -0.05) is 0 Å². The van der Waals surface area contributed by atoms with E-state index in [9.17, 15) is 0 Å².